The molecule has 3 rings (SSSR count). The van der Waals surface area contributed by atoms with Crippen molar-refractivity contribution in [2.24, 2.45) is 4.99 Å². The van der Waals surface area contributed by atoms with Crippen LogP contribution in [0.5, 0.6) is 5.75 Å². The number of carbonyl (C=O) groups excluding carboxylic acids is 2. The third kappa shape index (κ3) is 4.92. The van der Waals surface area contributed by atoms with Crippen molar-refractivity contribution in [3.8, 4) is 5.75 Å². The summed E-state index contributed by atoms with van der Waals surface area (Å²) in [6.45, 7) is 6.03. The van der Waals surface area contributed by atoms with Gasteiger partial charge in [0.15, 0.2) is 4.80 Å². The Morgan fingerprint density at radius 1 is 1.14 bits per heavy atom. The molecule has 152 valence electrons. The number of aromatic nitrogens is 1. The first-order chi connectivity index (χ1) is 13.9. The normalized spacial score (nSPS) is 11.7. The quantitative estimate of drug-likeness (QED) is 0.581. The Bertz CT molecular complexity index is 1130. The molecule has 6 nitrogen and oxygen atoms in total. The summed E-state index contributed by atoms with van der Waals surface area (Å²) in [6.07, 6.45) is 0.213. The first-order valence-corrected chi connectivity index (χ1v) is 10.2. The lowest BCUT2D eigenvalue weighted by Gasteiger charge is -2.06. The zero-order chi connectivity index (χ0) is 21.0. The van der Waals surface area contributed by atoms with Crippen molar-refractivity contribution in [3.05, 3.63) is 57.9 Å². The highest BCUT2D eigenvalue weighted by Crippen LogP contribution is 2.23. The Kier molecular flexibility index (Phi) is 6.49. The van der Waals surface area contributed by atoms with Crippen molar-refractivity contribution in [2.45, 2.75) is 33.7 Å². The number of hydrogen-bond acceptors (Lipinski definition) is 5. The first-order valence-electron chi connectivity index (χ1n) is 9.38. The van der Waals surface area contributed by atoms with E-state index in [-0.39, 0.29) is 24.8 Å². The van der Waals surface area contributed by atoms with Gasteiger partial charge in [-0.15, -0.1) is 0 Å². The molecule has 0 bridgehead atoms. The number of ether oxygens (including phenoxy) is 2. The topological polar surface area (TPSA) is 69.9 Å². The summed E-state index contributed by atoms with van der Waals surface area (Å²) in [4.78, 5) is 29.6. The van der Waals surface area contributed by atoms with Crippen LogP contribution in [0, 0.1) is 13.8 Å². The second-order valence-corrected chi connectivity index (χ2v) is 7.73. The van der Waals surface area contributed by atoms with Crippen LogP contribution < -0.4 is 9.54 Å². The van der Waals surface area contributed by atoms with E-state index in [4.69, 9.17) is 9.47 Å². The van der Waals surface area contributed by atoms with Crippen LogP contribution in [0.2, 0.25) is 0 Å². The van der Waals surface area contributed by atoms with Gasteiger partial charge in [0.1, 0.15) is 12.3 Å². The van der Waals surface area contributed by atoms with Gasteiger partial charge in [0.2, 0.25) is 0 Å². The lowest BCUT2D eigenvalue weighted by molar-refractivity contribution is -0.143. The number of nitrogens with zero attached hydrogens (tertiary/aromatic N) is 2. The number of aryl methyl sites for hydroxylation is 2. The highest BCUT2D eigenvalue weighted by molar-refractivity contribution is 7.16. The van der Waals surface area contributed by atoms with Crippen molar-refractivity contribution in [3.63, 3.8) is 0 Å². The molecule has 29 heavy (non-hydrogen) atoms. The molecule has 1 heterocycles. The van der Waals surface area contributed by atoms with Gasteiger partial charge in [-0.25, -0.2) is 0 Å². The molecule has 0 saturated carbocycles. The Labute approximate surface area is 173 Å². The van der Waals surface area contributed by atoms with Crippen LogP contribution in [0.3, 0.4) is 0 Å². The third-order valence-electron chi connectivity index (χ3n) is 4.55. The van der Waals surface area contributed by atoms with Gasteiger partial charge < -0.3 is 14.0 Å². The number of benzene rings is 2. The lowest BCUT2D eigenvalue weighted by Crippen LogP contribution is -2.23. The van der Waals surface area contributed by atoms with Gasteiger partial charge in [-0.05, 0) is 50.1 Å². The Hall–Kier alpha value is -2.93. The van der Waals surface area contributed by atoms with E-state index in [9.17, 15) is 9.59 Å². The molecular formula is C22H24N2O4S. The lowest BCUT2D eigenvalue weighted by atomic mass is 10.0. The van der Waals surface area contributed by atoms with E-state index >= 15 is 0 Å². The molecule has 0 N–H and O–H groups in total. The molecule has 0 radical (unpaired) electrons. The van der Waals surface area contributed by atoms with E-state index in [2.05, 4.69) is 4.99 Å². The standard InChI is InChI=1S/C22H24N2O4S/c1-5-28-21(26)13-24-18-9-8-17(27-4)12-19(18)29-22(24)23-20(25)11-16-10-14(2)6-7-15(16)3/h6-10,12H,5,11,13H2,1-4H3. The number of fused-ring (bicyclic) bond motifs is 1. The van der Waals surface area contributed by atoms with Crippen LogP contribution in [0.1, 0.15) is 23.6 Å². The van der Waals surface area contributed by atoms with E-state index in [0.29, 0.717) is 17.2 Å². The number of carbonyl (C=O) groups is 2. The number of amides is 1. The first kappa shape index (κ1) is 20.8. The van der Waals surface area contributed by atoms with Gasteiger partial charge in [0.25, 0.3) is 5.91 Å². The molecule has 7 heteroatoms. The number of esters is 1. The predicted molar refractivity (Wildman–Crippen MR) is 113 cm³/mol. The molecule has 3 aromatic rings. The van der Waals surface area contributed by atoms with Crippen LogP contribution in [0.4, 0.5) is 0 Å². The molecule has 0 unspecified atom stereocenters. The summed E-state index contributed by atoms with van der Waals surface area (Å²) in [5.41, 5.74) is 3.92. The van der Waals surface area contributed by atoms with Crippen molar-refractivity contribution >= 4 is 33.4 Å². The molecule has 2 aromatic carbocycles. The van der Waals surface area contributed by atoms with Crippen LogP contribution >= 0.6 is 11.3 Å². The van der Waals surface area contributed by atoms with Crippen molar-refractivity contribution in [1.29, 1.82) is 0 Å². The molecule has 0 spiro atoms. The molecular weight excluding hydrogens is 388 g/mol. The van der Waals surface area contributed by atoms with E-state index in [1.54, 1.807) is 18.6 Å². The highest BCUT2D eigenvalue weighted by Gasteiger charge is 2.13. The number of rotatable bonds is 6. The van der Waals surface area contributed by atoms with Gasteiger partial charge in [-0.1, -0.05) is 35.1 Å². The second-order valence-electron chi connectivity index (χ2n) is 6.72. The molecule has 1 aromatic heterocycles. The van der Waals surface area contributed by atoms with E-state index < -0.39 is 0 Å². The number of hydrogen-bond donors (Lipinski definition) is 0. The van der Waals surface area contributed by atoms with E-state index in [1.807, 2.05) is 50.2 Å². The van der Waals surface area contributed by atoms with Crippen molar-refractivity contribution < 1.29 is 19.1 Å². The summed E-state index contributed by atoms with van der Waals surface area (Å²) < 4.78 is 13.0. The molecule has 0 aliphatic heterocycles. The average Bonchev–Trinajstić information content (AvgIpc) is 3.00. The fourth-order valence-electron chi connectivity index (χ4n) is 3.05. The SMILES string of the molecule is CCOC(=O)Cn1c(=NC(=O)Cc2cc(C)ccc2C)sc2cc(OC)ccc21. The van der Waals surface area contributed by atoms with Crippen LogP contribution in [0.15, 0.2) is 41.4 Å². The van der Waals surface area contributed by atoms with Gasteiger partial charge in [-0.3, -0.25) is 9.59 Å². The Balaban J connectivity index is 2.02. The molecule has 0 atom stereocenters. The Morgan fingerprint density at radius 3 is 2.66 bits per heavy atom. The number of methoxy groups -OCH3 is 1. The minimum Gasteiger partial charge on any atom is -0.497 e. The van der Waals surface area contributed by atoms with Gasteiger partial charge in [0, 0.05) is 0 Å². The third-order valence-corrected chi connectivity index (χ3v) is 5.59. The minimum atomic E-state index is -0.369. The molecule has 0 saturated heterocycles. The average molecular weight is 413 g/mol. The predicted octanol–water partition coefficient (Wildman–Crippen LogP) is 3.56. The molecule has 1 amide bonds. The minimum absolute atomic E-state index is 0.00421. The van der Waals surface area contributed by atoms with Crippen molar-refractivity contribution in [1.82, 2.24) is 4.57 Å². The second kappa shape index (κ2) is 9.05. The summed E-state index contributed by atoms with van der Waals surface area (Å²) in [5, 5.41) is 0. The van der Waals surface area contributed by atoms with Gasteiger partial charge in [0.05, 0.1) is 30.4 Å². The molecule has 0 aliphatic carbocycles. The maximum absolute atomic E-state index is 12.7. The van der Waals surface area contributed by atoms with E-state index in [1.165, 1.54) is 11.3 Å². The zero-order valence-corrected chi connectivity index (χ0v) is 17.8. The fourth-order valence-corrected chi connectivity index (χ4v) is 4.13. The van der Waals surface area contributed by atoms with Gasteiger partial charge in [-0.2, -0.15) is 4.99 Å². The summed E-state index contributed by atoms with van der Waals surface area (Å²) in [6, 6.07) is 11.6. The van der Waals surface area contributed by atoms with Gasteiger partial charge >= 0.3 is 5.97 Å². The molecule has 0 aliphatic rings. The summed E-state index contributed by atoms with van der Waals surface area (Å²) in [5.74, 6) is 0.0802. The summed E-state index contributed by atoms with van der Waals surface area (Å²) >= 11 is 1.35. The van der Waals surface area contributed by atoms with Crippen LogP contribution in [0.25, 0.3) is 10.2 Å². The largest absolute Gasteiger partial charge is 0.497 e. The van der Waals surface area contributed by atoms with Crippen LogP contribution in [-0.4, -0.2) is 30.2 Å². The fraction of sp³-hybridized carbons (Fsp3) is 0.318. The Morgan fingerprint density at radius 2 is 1.93 bits per heavy atom. The summed E-state index contributed by atoms with van der Waals surface area (Å²) in [7, 11) is 1.60. The maximum atomic E-state index is 12.7. The highest BCUT2D eigenvalue weighted by atomic mass is 32.1. The number of thiazole rings is 1. The van der Waals surface area contributed by atoms with Crippen molar-refractivity contribution in [2.75, 3.05) is 13.7 Å². The smallest absolute Gasteiger partial charge is 0.326 e. The van der Waals surface area contributed by atoms with E-state index in [0.717, 1.165) is 26.9 Å². The van der Waals surface area contributed by atoms with Crippen LogP contribution in [-0.2, 0) is 27.3 Å². The maximum Gasteiger partial charge on any atom is 0.326 e. The monoisotopic (exact) mass is 412 g/mol. The zero-order valence-electron chi connectivity index (χ0n) is 17.0. The molecule has 0 fully saturated rings.